The molecule has 1 aromatic rings. The van der Waals surface area contributed by atoms with Crippen LogP contribution in [0.1, 0.15) is 38.3 Å². The Morgan fingerprint density at radius 2 is 1.65 bits per heavy atom. The predicted molar refractivity (Wildman–Crippen MR) is 72.7 cm³/mol. The van der Waals surface area contributed by atoms with Gasteiger partial charge in [0, 0.05) is 12.6 Å². The zero-order chi connectivity index (χ0) is 14.9. The number of hydrogen-bond acceptors (Lipinski definition) is 2. The molecule has 1 saturated heterocycles. The van der Waals surface area contributed by atoms with Crippen LogP contribution in [0, 0.1) is 22.9 Å². The van der Waals surface area contributed by atoms with Crippen molar-refractivity contribution >= 4 is 0 Å². The molecule has 112 valence electrons. The normalized spacial score (nSPS) is 20.9. The van der Waals surface area contributed by atoms with Gasteiger partial charge < -0.3 is 5.73 Å². The van der Waals surface area contributed by atoms with E-state index in [0.717, 1.165) is 38.1 Å². The molecule has 5 heteroatoms. The van der Waals surface area contributed by atoms with Crippen LogP contribution in [0.4, 0.5) is 13.2 Å². The Kier molecular flexibility index (Phi) is 4.39. The molecule has 0 aliphatic carbocycles. The number of halogens is 3. The number of nitrogens with two attached hydrogens (primary N) is 1. The number of hydrogen-bond donors (Lipinski definition) is 1. The number of piperidine rings is 1. The molecule has 0 saturated carbocycles. The molecule has 1 unspecified atom stereocenters. The van der Waals surface area contributed by atoms with Crippen molar-refractivity contribution in [2.24, 2.45) is 11.1 Å². The lowest BCUT2D eigenvalue weighted by molar-refractivity contribution is 0.0960. The van der Waals surface area contributed by atoms with Crippen LogP contribution in [-0.2, 0) is 0 Å². The molecular weight excluding hydrogens is 265 g/mol. The topological polar surface area (TPSA) is 29.3 Å². The highest BCUT2D eigenvalue weighted by Crippen LogP contribution is 2.34. The quantitative estimate of drug-likeness (QED) is 0.864. The van der Waals surface area contributed by atoms with Crippen molar-refractivity contribution < 1.29 is 13.2 Å². The van der Waals surface area contributed by atoms with Crippen molar-refractivity contribution in [3.05, 3.63) is 35.1 Å². The highest BCUT2D eigenvalue weighted by molar-refractivity contribution is 5.23. The summed E-state index contributed by atoms with van der Waals surface area (Å²) in [4.78, 5) is 2.12. The number of benzene rings is 1. The summed E-state index contributed by atoms with van der Waals surface area (Å²) in [5.41, 5.74) is 6.45. The van der Waals surface area contributed by atoms with Crippen LogP contribution in [0.25, 0.3) is 0 Å². The molecule has 1 atom stereocenters. The van der Waals surface area contributed by atoms with Gasteiger partial charge in [0.15, 0.2) is 17.5 Å². The Balaban J connectivity index is 2.21. The summed E-state index contributed by atoms with van der Waals surface area (Å²) in [6.45, 7) is 6.33. The molecule has 0 spiro atoms. The minimum atomic E-state index is -1.43. The standard InChI is InChI=1S/C15H21F3N2/c1-15(2)3-5-20(6-4-15)13(9-19)10-7-11(16)14(18)12(17)8-10/h7-8,13H,3-6,9,19H2,1-2H3. The first kappa shape index (κ1) is 15.3. The first-order valence-corrected chi connectivity index (χ1v) is 6.92. The molecule has 2 N–H and O–H groups in total. The second kappa shape index (κ2) is 5.74. The third-order valence-electron chi connectivity index (χ3n) is 4.21. The molecular formula is C15H21F3N2. The molecule has 0 amide bonds. The molecule has 2 nitrogen and oxygen atoms in total. The summed E-state index contributed by atoms with van der Waals surface area (Å²) >= 11 is 0. The van der Waals surface area contributed by atoms with Crippen LogP contribution in [0.15, 0.2) is 12.1 Å². The Morgan fingerprint density at radius 1 is 1.15 bits per heavy atom. The highest BCUT2D eigenvalue weighted by Gasteiger charge is 2.30. The van der Waals surface area contributed by atoms with Gasteiger partial charge in [-0.15, -0.1) is 0 Å². The van der Waals surface area contributed by atoms with Crippen LogP contribution >= 0.6 is 0 Å². The third-order valence-corrected chi connectivity index (χ3v) is 4.21. The molecule has 20 heavy (non-hydrogen) atoms. The van der Waals surface area contributed by atoms with Crippen LogP contribution < -0.4 is 5.73 Å². The van der Waals surface area contributed by atoms with Crippen LogP contribution in [0.2, 0.25) is 0 Å². The van der Waals surface area contributed by atoms with Gasteiger partial charge in [-0.25, -0.2) is 13.2 Å². The summed E-state index contributed by atoms with van der Waals surface area (Å²) in [6, 6.07) is 1.83. The number of rotatable bonds is 3. The average molecular weight is 286 g/mol. The molecule has 2 rings (SSSR count). The maximum atomic E-state index is 13.4. The summed E-state index contributed by atoms with van der Waals surface area (Å²) in [6.07, 6.45) is 2.02. The minimum absolute atomic E-state index is 0.255. The van der Waals surface area contributed by atoms with E-state index in [0.29, 0.717) is 5.56 Å². The highest BCUT2D eigenvalue weighted by atomic mass is 19.2. The Labute approximate surface area is 117 Å². The molecule has 1 aromatic carbocycles. The summed E-state index contributed by atoms with van der Waals surface area (Å²) in [5, 5.41) is 0. The first-order chi connectivity index (χ1) is 9.34. The smallest absolute Gasteiger partial charge is 0.194 e. The molecule has 0 bridgehead atoms. The zero-order valence-corrected chi connectivity index (χ0v) is 11.9. The van der Waals surface area contributed by atoms with Gasteiger partial charge in [0.25, 0.3) is 0 Å². The fourth-order valence-corrected chi connectivity index (χ4v) is 2.70. The Bertz CT molecular complexity index is 455. The summed E-state index contributed by atoms with van der Waals surface area (Å²) in [5.74, 6) is -3.74. The van der Waals surface area contributed by atoms with Crippen molar-refractivity contribution in [3.8, 4) is 0 Å². The van der Waals surface area contributed by atoms with Crippen LogP contribution in [0.5, 0.6) is 0 Å². The summed E-state index contributed by atoms with van der Waals surface area (Å²) < 4.78 is 39.7. The molecule has 1 aliphatic rings. The molecule has 0 radical (unpaired) electrons. The lowest BCUT2D eigenvalue weighted by atomic mass is 9.82. The second-order valence-electron chi connectivity index (χ2n) is 6.25. The average Bonchev–Trinajstić information content (AvgIpc) is 2.38. The number of likely N-dealkylation sites (tertiary alicyclic amines) is 1. The van der Waals surface area contributed by atoms with Gasteiger partial charge in [-0.05, 0) is 49.0 Å². The van der Waals surface area contributed by atoms with Gasteiger partial charge in [0.2, 0.25) is 0 Å². The maximum absolute atomic E-state index is 13.4. The van der Waals surface area contributed by atoms with E-state index in [2.05, 4.69) is 18.7 Å². The largest absolute Gasteiger partial charge is 0.329 e. The van der Waals surface area contributed by atoms with E-state index < -0.39 is 17.5 Å². The van der Waals surface area contributed by atoms with E-state index in [1.54, 1.807) is 0 Å². The van der Waals surface area contributed by atoms with Gasteiger partial charge in [-0.2, -0.15) is 0 Å². The van der Waals surface area contributed by atoms with E-state index in [1.165, 1.54) is 0 Å². The zero-order valence-electron chi connectivity index (χ0n) is 11.9. The van der Waals surface area contributed by atoms with Crippen molar-refractivity contribution in [2.45, 2.75) is 32.7 Å². The Morgan fingerprint density at radius 3 is 2.10 bits per heavy atom. The third kappa shape index (κ3) is 3.15. The number of nitrogens with zero attached hydrogens (tertiary/aromatic N) is 1. The molecule has 0 aromatic heterocycles. The minimum Gasteiger partial charge on any atom is -0.329 e. The van der Waals surface area contributed by atoms with Crippen molar-refractivity contribution in [1.82, 2.24) is 4.90 Å². The fourth-order valence-electron chi connectivity index (χ4n) is 2.70. The monoisotopic (exact) mass is 286 g/mol. The van der Waals surface area contributed by atoms with Gasteiger partial charge in [-0.3, -0.25) is 4.90 Å². The van der Waals surface area contributed by atoms with Crippen LogP contribution in [-0.4, -0.2) is 24.5 Å². The Hall–Kier alpha value is -1.07. The van der Waals surface area contributed by atoms with E-state index in [9.17, 15) is 13.2 Å². The van der Waals surface area contributed by atoms with E-state index >= 15 is 0 Å². The molecule has 1 aliphatic heterocycles. The summed E-state index contributed by atoms with van der Waals surface area (Å²) in [7, 11) is 0. The van der Waals surface area contributed by atoms with Crippen molar-refractivity contribution in [3.63, 3.8) is 0 Å². The predicted octanol–water partition coefficient (Wildman–Crippen LogP) is 3.23. The lowest BCUT2D eigenvalue weighted by Crippen LogP contribution is -2.42. The van der Waals surface area contributed by atoms with Gasteiger partial charge in [0.05, 0.1) is 0 Å². The fraction of sp³-hybridized carbons (Fsp3) is 0.600. The SMILES string of the molecule is CC1(C)CCN(C(CN)c2cc(F)c(F)c(F)c2)CC1. The van der Waals surface area contributed by atoms with Gasteiger partial charge in [-0.1, -0.05) is 13.8 Å². The van der Waals surface area contributed by atoms with Crippen molar-refractivity contribution in [1.29, 1.82) is 0 Å². The lowest BCUT2D eigenvalue weighted by Gasteiger charge is -2.41. The van der Waals surface area contributed by atoms with Crippen LogP contribution in [0.3, 0.4) is 0 Å². The van der Waals surface area contributed by atoms with Gasteiger partial charge >= 0.3 is 0 Å². The molecule has 1 fully saturated rings. The maximum Gasteiger partial charge on any atom is 0.194 e. The first-order valence-electron chi connectivity index (χ1n) is 6.92. The van der Waals surface area contributed by atoms with E-state index in [1.807, 2.05) is 0 Å². The van der Waals surface area contributed by atoms with Gasteiger partial charge in [0.1, 0.15) is 0 Å². The van der Waals surface area contributed by atoms with E-state index in [-0.39, 0.29) is 18.0 Å². The van der Waals surface area contributed by atoms with E-state index in [4.69, 9.17) is 5.73 Å². The second-order valence-corrected chi connectivity index (χ2v) is 6.25. The molecule has 1 heterocycles. The van der Waals surface area contributed by atoms with Crippen molar-refractivity contribution in [2.75, 3.05) is 19.6 Å².